The zero-order valence-electron chi connectivity index (χ0n) is 20.2. The van der Waals surface area contributed by atoms with Crippen LogP contribution in [0.5, 0.6) is 0 Å². The number of thiophene rings is 1. The number of aromatic nitrogens is 2. The van der Waals surface area contributed by atoms with E-state index in [9.17, 15) is 10.1 Å². The third kappa shape index (κ3) is 4.38. The van der Waals surface area contributed by atoms with Crippen LogP contribution in [0.3, 0.4) is 0 Å². The molecule has 5 N–H and O–H groups in total. The monoisotopic (exact) mass is 480 g/mol. The Morgan fingerprint density at radius 1 is 1.41 bits per heavy atom. The number of nitrogen functional groups attached to an aromatic ring is 1. The summed E-state index contributed by atoms with van der Waals surface area (Å²) in [5, 5.41) is 25.0. The van der Waals surface area contributed by atoms with Crippen LogP contribution in [0.2, 0.25) is 0 Å². The summed E-state index contributed by atoms with van der Waals surface area (Å²) in [6, 6.07) is 4.00. The van der Waals surface area contributed by atoms with Gasteiger partial charge in [-0.3, -0.25) is 10.2 Å². The molecule has 3 heterocycles. The molecule has 1 amide bonds. The lowest BCUT2D eigenvalue weighted by Gasteiger charge is -2.33. The molecule has 0 saturated carbocycles. The van der Waals surface area contributed by atoms with Gasteiger partial charge in [0.05, 0.1) is 11.0 Å². The average Bonchev–Trinajstić information content (AvgIpc) is 3.06. The average molecular weight is 481 g/mol. The zero-order valence-corrected chi connectivity index (χ0v) is 21.0. The number of hydrogen-bond acceptors (Lipinski definition) is 9. The fourth-order valence-corrected chi connectivity index (χ4v) is 6.00. The van der Waals surface area contributed by atoms with Crippen LogP contribution < -0.4 is 21.3 Å². The summed E-state index contributed by atoms with van der Waals surface area (Å²) >= 11 is 1.39. The van der Waals surface area contributed by atoms with Crippen molar-refractivity contribution in [1.29, 1.82) is 10.7 Å². The number of nitrogens with zero attached hydrogens (tertiary/aromatic N) is 4. The van der Waals surface area contributed by atoms with Crippen molar-refractivity contribution >= 4 is 34.0 Å². The number of carbonyl (C=O) groups is 1. The minimum Gasteiger partial charge on any atom is -0.389 e. The van der Waals surface area contributed by atoms with Gasteiger partial charge in [-0.05, 0) is 59.4 Å². The first-order chi connectivity index (χ1) is 16.1. The Bertz CT molecular complexity index is 1170. The molecule has 0 aromatic carbocycles. The summed E-state index contributed by atoms with van der Waals surface area (Å²) in [4.78, 5) is 25.6. The lowest BCUT2D eigenvalue weighted by Crippen LogP contribution is -2.47. The molecule has 2 aromatic rings. The summed E-state index contributed by atoms with van der Waals surface area (Å²) in [5.74, 6) is 0.152. The second kappa shape index (κ2) is 8.96. The number of hydrogen-bond donors (Lipinski definition) is 4. The van der Waals surface area contributed by atoms with Gasteiger partial charge in [0.25, 0.3) is 0 Å². The van der Waals surface area contributed by atoms with Gasteiger partial charge in [-0.2, -0.15) is 5.26 Å². The highest BCUT2D eigenvalue weighted by molar-refractivity contribution is 7.16. The van der Waals surface area contributed by atoms with E-state index in [1.165, 1.54) is 11.3 Å². The largest absolute Gasteiger partial charge is 0.389 e. The van der Waals surface area contributed by atoms with Gasteiger partial charge in [0, 0.05) is 41.3 Å². The van der Waals surface area contributed by atoms with E-state index in [0.29, 0.717) is 34.2 Å². The van der Waals surface area contributed by atoms with E-state index in [4.69, 9.17) is 11.1 Å². The van der Waals surface area contributed by atoms with Crippen molar-refractivity contribution in [3.63, 3.8) is 0 Å². The predicted molar refractivity (Wildman–Crippen MR) is 134 cm³/mol. The molecular weight excluding hydrogens is 448 g/mol. The SMILES string of the molecule is C[C@H]1CNC(C)(C)CCN1c1nccc(C(=N)NC(=O)[C@@]2(C)CCCc3sc(N)c(C#N)c32)n1. The highest BCUT2D eigenvalue weighted by Crippen LogP contribution is 2.45. The molecule has 1 aliphatic heterocycles. The molecule has 10 heteroatoms. The van der Waals surface area contributed by atoms with E-state index < -0.39 is 5.41 Å². The number of nitrogens with one attached hydrogen (secondary N) is 3. The molecule has 1 saturated heterocycles. The highest BCUT2D eigenvalue weighted by atomic mass is 32.1. The van der Waals surface area contributed by atoms with Crippen molar-refractivity contribution in [3.05, 3.63) is 34.0 Å². The standard InChI is InChI=1S/C24H32N8OS/c1-14-13-29-23(2,3)9-11-32(14)22-28-10-7-16(30-22)19(26)31-21(33)24(4)8-5-6-17-18(24)15(12-25)20(27)34-17/h7,10,14,29H,5-6,8-9,11,13,27H2,1-4H3,(H2,26,31,33)/t14-,24-/m0/s1. The maximum absolute atomic E-state index is 13.4. The highest BCUT2D eigenvalue weighted by Gasteiger charge is 2.43. The van der Waals surface area contributed by atoms with Gasteiger partial charge in [-0.1, -0.05) is 0 Å². The molecule has 1 fully saturated rings. The number of amidine groups is 1. The van der Waals surface area contributed by atoms with Crippen molar-refractivity contribution in [3.8, 4) is 6.07 Å². The van der Waals surface area contributed by atoms with Crippen LogP contribution in [0, 0.1) is 16.7 Å². The van der Waals surface area contributed by atoms with Crippen molar-refractivity contribution in [2.45, 2.75) is 70.4 Å². The predicted octanol–water partition coefficient (Wildman–Crippen LogP) is 2.69. The summed E-state index contributed by atoms with van der Waals surface area (Å²) in [6.07, 6.45) is 4.78. The van der Waals surface area contributed by atoms with E-state index in [2.05, 4.69) is 52.3 Å². The number of amides is 1. The number of aryl methyl sites for hydroxylation is 1. The van der Waals surface area contributed by atoms with Gasteiger partial charge < -0.3 is 21.3 Å². The molecule has 4 rings (SSSR count). The second-order valence-corrected chi connectivity index (χ2v) is 11.2. The number of carbonyl (C=O) groups excluding carboxylic acids is 1. The third-order valence-corrected chi connectivity index (χ3v) is 8.11. The zero-order chi connectivity index (χ0) is 24.7. The minimum atomic E-state index is -0.925. The molecule has 0 spiro atoms. The van der Waals surface area contributed by atoms with Crippen LogP contribution in [0.25, 0.3) is 0 Å². The van der Waals surface area contributed by atoms with E-state index in [-0.39, 0.29) is 23.3 Å². The van der Waals surface area contributed by atoms with E-state index in [0.717, 1.165) is 37.2 Å². The van der Waals surface area contributed by atoms with Crippen molar-refractivity contribution in [2.24, 2.45) is 0 Å². The first-order valence-electron chi connectivity index (χ1n) is 11.6. The molecule has 180 valence electrons. The summed E-state index contributed by atoms with van der Waals surface area (Å²) in [7, 11) is 0. The smallest absolute Gasteiger partial charge is 0.236 e. The molecule has 2 aliphatic rings. The van der Waals surface area contributed by atoms with Gasteiger partial charge in [0.15, 0.2) is 5.84 Å². The Labute approximate surface area is 204 Å². The summed E-state index contributed by atoms with van der Waals surface area (Å²) in [6.45, 7) is 9.92. The van der Waals surface area contributed by atoms with Crippen LogP contribution in [0.1, 0.15) is 68.7 Å². The normalized spacial score (nSPS) is 24.0. The van der Waals surface area contributed by atoms with E-state index in [1.54, 1.807) is 12.3 Å². The van der Waals surface area contributed by atoms with Crippen molar-refractivity contribution in [2.75, 3.05) is 23.7 Å². The first-order valence-corrected chi connectivity index (χ1v) is 12.4. The molecule has 2 aromatic heterocycles. The maximum Gasteiger partial charge on any atom is 0.236 e. The molecule has 9 nitrogen and oxygen atoms in total. The van der Waals surface area contributed by atoms with Crippen molar-refractivity contribution in [1.82, 2.24) is 20.6 Å². The lowest BCUT2D eigenvalue weighted by atomic mass is 9.72. The minimum absolute atomic E-state index is 0.0307. The second-order valence-electron chi connectivity index (χ2n) is 10.1. The van der Waals surface area contributed by atoms with Crippen molar-refractivity contribution < 1.29 is 4.79 Å². The third-order valence-electron chi connectivity index (χ3n) is 7.03. The number of anilines is 2. The topological polar surface area (TPSA) is 144 Å². The van der Waals surface area contributed by atoms with Crippen LogP contribution in [0.4, 0.5) is 10.9 Å². The van der Waals surface area contributed by atoms with Gasteiger partial charge in [0.2, 0.25) is 11.9 Å². The van der Waals surface area contributed by atoms with E-state index >= 15 is 0 Å². The van der Waals surface area contributed by atoms with Gasteiger partial charge in [-0.25, -0.2) is 9.97 Å². The quantitative estimate of drug-likeness (QED) is 0.390. The molecule has 0 bridgehead atoms. The summed E-state index contributed by atoms with van der Waals surface area (Å²) in [5.41, 5.74) is 6.63. The van der Waals surface area contributed by atoms with Crippen LogP contribution in [-0.2, 0) is 16.6 Å². The fourth-order valence-electron chi connectivity index (χ4n) is 4.80. The number of fused-ring (bicyclic) bond motifs is 1. The summed E-state index contributed by atoms with van der Waals surface area (Å²) < 4.78 is 0. The molecular formula is C24H32N8OS. The molecule has 2 atom stereocenters. The fraction of sp³-hybridized carbons (Fsp3) is 0.542. The van der Waals surface area contributed by atoms with Crippen LogP contribution >= 0.6 is 11.3 Å². The van der Waals surface area contributed by atoms with Crippen LogP contribution in [0.15, 0.2) is 12.3 Å². The maximum atomic E-state index is 13.4. The first kappa shape index (κ1) is 24.1. The number of nitriles is 1. The lowest BCUT2D eigenvalue weighted by molar-refractivity contribution is -0.125. The molecule has 0 unspecified atom stereocenters. The molecule has 34 heavy (non-hydrogen) atoms. The van der Waals surface area contributed by atoms with Gasteiger partial charge in [0.1, 0.15) is 16.8 Å². The van der Waals surface area contributed by atoms with Crippen LogP contribution in [-0.4, -0.2) is 46.4 Å². The molecule has 1 aliphatic carbocycles. The molecule has 0 radical (unpaired) electrons. The Morgan fingerprint density at radius 3 is 2.91 bits per heavy atom. The Balaban J connectivity index is 1.56. The van der Waals surface area contributed by atoms with Gasteiger partial charge in [-0.15, -0.1) is 11.3 Å². The number of nitrogens with two attached hydrogens (primary N) is 1. The van der Waals surface area contributed by atoms with Gasteiger partial charge >= 0.3 is 0 Å². The Kier molecular flexibility index (Phi) is 6.36. The Morgan fingerprint density at radius 2 is 2.18 bits per heavy atom. The number of rotatable bonds is 3. The Hall–Kier alpha value is -3.03. The van der Waals surface area contributed by atoms with E-state index in [1.807, 2.05) is 6.92 Å².